The maximum atomic E-state index is 12.2. The Morgan fingerprint density at radius 3 is 2.48 bits per heavy atom. The SMILES string of the molecule is COC(=O)c1cccc(-n2c(C)cc(/C=C3\SC(=O)N(C)C3=O)c2C)c1C. The molecule has 3 rings (SSSR count). The number of benzene rings is 1. The molecule has 1 aliphatic rings. The van der Waals surface area contributed by atoms with Crippen molar-refractivity contribution in [3.8, 4) is 5.69 Å². The molecule has 0 atom stereocenters. The number of likely N-dealkylation sites (N-methyl/N-ethyl adjacent to an activating group) is 1. The van der Waals surface area contributed by atoms with E-state index in [1.54, 1.807) is 12.1 Å². The topological polar surface area (TPSA) is 68.6 Å². The van der Waals surface area contributed by atoms with Crippen LogP contribution < -0.4 is 0 Å². The van der Waals surface area contributed by atoms with E-state index in [2.05, 4.69) is 0 Å². The van der Waals surface area contributed by atoms with Crippen molar-refractivity contribution in [1.29, 1.82) is 0 Å². The van der Waals surface area contributed by atoms with E-state index in [1.165, 1.54) is 14.2 Å². The van der Waals surface area contributed by atoms with Crippen LogP contribution in [0.1, 0.15) is 32.9 Å². The van der Waals surface area contributed by atoms with Crippen LogP contribution >= 0.6 is 11.8 Å². The molecule has 140 valence electrons. The molecule has 2 amide bonds. The normalized spacial score (nSPS) is 15.7. The Morgan fingerprint density at radius 1 is 1.19 bits per heavy atom. The highest BCUT2D eigenvalue weighted by Crippen LogP contribution is 2.33. The summed E-state index contributed by atoms with van der Waals surface area (Å²) in [5.41, 5.74) is 4.92. The van der Waals surface area contributed by atoms with Gasteiger partial charge in [-0.25, -0.2) is 4.79 Å². The van der Waals surface area contributed by atoms with Crippen molar-refractivity contribution in [1.82, 2.24) is 9.47 Å². The first-order valence-electron chi connectivity index (χ1n) is 8.35. The standard InChI is InChI=1S/C20H20N2O4S/c1-11-9-14(10-17-18(23)21(4)20(25)27-17)13(3)22(11)16-8-6-7-15(12(16)2)19(24)26-5/h6-10H,1-5H3/b17-10-. The van der Waals surface area contributed by atoms with Gasteiger partial charge < -0.3 is 9.30 Å². The van der Waals surface area contributed by atoms with Gasteiger partial charge in [0.05, 0.1) is 17.6 Å². The van der Waals surface area contributed by atoms with E-state index in [9.17, 15) is 14.4 Å². The number of nitrogens with zero attached hydrogens (tertiary/aromatic N) is 2. The van der Waals surface area contributed by atoms with Crippen LogP contribution in [0.2, 0.25) is 0 Å². The van der Waals surface area contributed by atoms with Gasteiger partial charge in [0.1, 0.15) is 0 Å². The number of aromatic nitrogens is 1. The Kier molecular flexibility index (Phi) is 4.97. The Hall–Kier alpha value is -2.80. The molecule has 6 nitrogen and oxygen atoms in total. The van der Waals surface area contributed by atoms with Crippen LogP contribution in [0.15, 0.2) is 29.2 Å². The van der Waals surface area contributed by atoms with E-state index >= 15 is 0 Å². The summed E-state index contributed by atoms with van der Waals surface area (Å²) in [5, 5.41) is -0.276. The fraction of sp³-hybridized carbons (Fsp3) is 0.250. The van der Waals surface area contributed by atoms with Crippen LogP contribution in [0.4, 0.5) is 4.79 Å². The van der Waals surface area contributed by atoms with Gasteiger partial charge in [0.15, 0.2) is 0 Å². The summed E-state index contributed by atoms with van der Waals surface area (Å²) >= 11 is 0.937. The van der Waals surface area contributed by atoms with Crippen molar-refractivity contribution in [3.05, 3.63) is 57.2 Å². The number of ether oxygens (including phenoxy) is 1. The van der Waals surface area contributed by atoms with Crippen molar-refractivity contribution in [2.45, 2.75) is 20.8 Å². The molecule has 7 heteroatoms. The molecular formula is C20H20N2O4S. The Labute approximate surface area is 161 Å². The highest BCUT2D eigenvalue weighted by Gasteiger charge is 2.32. The van der Waals surface area contributed by atoms with Gasteiger partial charge in [-0.05, 0) is 67.9 Å². The molecule has 1 saturated heterocycles. The van der Waals surface area contributed by atoms with Gasteiger partial charge in [-0.15, -0.1) is 0 Å². The van der Waals surface area contributed by atoms with Gasteiger partial charge >= 0.3 is 5.97 Å². The lowest BCUT2D eigenvalue weighted by Gasteiger charge is -2.15. The Bertz CT molecular complexity index is 1000. The molecule has 0 radical (unpaired) electrons. The van der Waals surface area contributed by atoms with E-state index in [0.717, 1.165) is 44.9 Å². The number of imide groups is 1. The average Bonchev–Trinajstić information content (AvgIpc) is 3.05. The van der Waals surface area contributed by atoms with Crippen LogP contribution in [-0.2, 0) is 9.53 Å². The van der Waals surface area contributed by atoms with Crippen molar-refractivity contribution in [3.63, 3.8) is 0 Å². The van der Waals surface area contributed by atoms with Gasteiger partial charge in [0.2, 0.25) is 0 Å². The average molecular weight is 384 g/mol. The van der Waals surface area contributed by atoms with Crippen molar-refractivity contribution >= 4 is 35.0 Å². The number of thioether (sulfide) groups is 1. The van der Waals surface area contributed by atoms with Gasteiger partial charge in [0, 0.05) is 24.1 Å². The summed E-state index contributed by atoms with van der Waals surface area (Å²) in [6.07, 6.45) is 1.74. The second-order valence-electron chi connectivity index (χ2n) is 6.34. The third-order valence-electron chi connectivity index (χ3n) is 4.69. The molecule has 0 aliphatic carbocycles. The second-order valence-corrected chi connectivity index (χ2v) is 7.34. The molecule has 2 heterocycles. The monoisotopic (exact) mass is 384 g/mol. The number of carbonyl (C=O) groups excluding carboxylic acids is 3. The highest BCUT2D eigenvalue weighted by molar-refractivity contribution is 8.18. The largest absolute Gasteiger partial charge is 0.465 e. The highest BCUT2D eigenvalue weighted by atomic mass is 32.2. The van der Waals surface area contributed by atoms with Crippen LogP contribution in [0.3, 0.4) is 0 Å². The summed E-state index contributed by atoms with van der Waals surface area (Å²) in [4.78, 5) is 37.4. The van der Waals surface area contributed by atoms with E-state index in [4.69, 9.17) is 4.74 Å². The minimum atomic E-state index is -0.381. The number of hydrogen-bond donors (Lipinski definition) is 0. The molecule has 0 N–H and O–H groups in total. The molecule has 0 saturated carbocycles. The van der Waals surface area contributed by atoms with Crippen LogP contribution in [0, 0.1) is 20.8 Å². The molecule has 27 heavy (non-hydrogen) atoms. The molecule has 1 aliphatic heterocycles. The smallest absolute Gasteiger partial charge is 0.338 e. The number of rotatable bonds is 3. The third kappa shape index (κ3) is 3.19. The van der Waals surface area contributed by atoms with Gasteiger partial charge in [-0.2, -0.15) is 0 Å². The van der Waals surface area contributed by atoms with Crippen molar-refractivity contribution in [2.75, 3.05) is 14.2 Å². The van der Waals surface area contributed by atoms with Crippen molar-refractivity contribution in [2.24, 2.45) is 0 Å². The fourth-order valence-electron chi connectivity index (χ4n) is 3.19. The first kappa shape index (κ1) is 19.0. The quantitative estimate of drug-likeness (QED) is 0.594. The van der Waals surface area contributed by atoms with Crippen LogP contribution in [0.5, 0.6) is 0 Å². The number of amides is 2. The lowest BCUT2D eigenvalue weighted by atomic mass is 10.1. The molecule has 0 spiro atoms. The lowest BCUT2D eigenvalue weighted by molar-refractivity contribution is -0.121. The van der Waals surface area contributed by atoms with Gasteiger partial charge in [0.25, 0.3) is 11.1 Å². The van der Waals surface area contributed by atoms with E-state index < -0.39 is 0 Å². The zero-order valence-corrected chi connectivity index (χ0v) is 16.6. The Morgan fingerprint density at radius 2 is 1.89 bits per heavy atom. The summed E-state index contributed by atoms with van der Waals surface area (Å²) in [5.74, 6) is -0.674. The van der Waals surface area contributed by atoms with E-state index in [0.29, 0.717) is 10.5 Å². The first-order chi connectivity index (χ1) is 12.8. The number of hydrogen-bond acceptors (Lipinski definition) is 5. The minimum Gasteiger partial charge on any atom is -0.465 e. The maximum Gasteiger partial charge on any atom is 0.338 e. The number of carbonyl (C=O) groups is 3. The van der Waals surface area contributed by atoms with Gasteiger partial charge in [-0.1, -0.05) is 6.07 Å². The zero-order valence-electron chi connectivity index (χ0n) is 15.8. The zero-order chi connectivity index (χ0) is 19.9. The molecule has 1 aromatic carbocycles. The predicted molar refractivity (Wildman–Crippen MR) is 105 cm³/mol. The minimum absolute atomic E-state index is 0.276. The number of aryl methyl sites for hydroxylation is 1. The first-order valence-corrected chi connectivity index (χ1v) is 9.16. The van der Waals surface area contributed by atoms with Crippen LogP contribution in [0.25, 0.3) is 11.8 Å². The summed E-state index contributed by atoms with van der Waals surface area (Å²) in [7, 11) is 2.84. The molecule has 1 fully saturated rings. The molecule has 1 aromatic heterocycles. The summed E-state index contributed by atoms with van der Waals surface area (Å²) < 4.78 is 6.89. The van der Waals surface area contributed by atoms with Crippen LogP contribution in [-0.4, -0.2) is 40.7 Å². The summed E-state index contributed by atoms with van der Waals surface area (Å²) in [6, 6.07) is 7.45. The fourth-order valence-corrected chi connectivity index (χ4v) is 4.01. The molecule has 2 aromatic rings. The maximum absolute atomic E-state index is 12.2. The number of esters is 1. The van der Waals surface area contributed by atoms with Crippen molar-refractivity contribution < 1.29 is 19.1 Å². The lowest BCUT2D eigenvalue weighted by Crippen LogP contribution is -2.22. The molecule has 0 bridgehead atoms. The third-order valence-corrected chi connectivity index (χ3v) is 5.66. The predicted octanol–water partition coefficient (Wildman–Crippen LogP) is 3.86. The van der Waals surface area contributed by atoms with E-state index in [1.807, 2.05) is 43.5 Å². The summed E-state index contributed by atoms with van der Waals surface area (Å²) in [6.45, 7) is 5.78. The Balaban J connectivity index is 2.10. The molecular weight excluding hydrogens is 364 g/mol. The molecule has 0 unspecified atom stereocenters. The second kappa shape index (κ2) is 7.08. The van der Waals surface area contributed by atoms with Gasteiger partial charge in [-0.3, -0.25) is 14.5 Å². The van der Waals surface area contributed by atoms with E-state index in [-0.39, 0.29) is 17.1 Å². The number of methoxy groups -OCH3 is 1.